The van der Waals surface area contributed by atoms with Crippen LogP contribution in [-0.4, -0.2) is 67.7 Å². The number of carbonyl (C=O) groups excluding carboxylic acids is 4. The van der Waals surface area contributed by atoms with Crippen molar-refractivity contribution in [3.8, 4) is 0 Å². The largest absolute Gasteiger partial charge is 0.467 e. The lowest BCUT2D eigenvalue weighted by Crippen LogP contribution is -2.51. The third-order valence-corrected chi connectivity index (χ3v) is 10.4. The smallest absolute Gasteiger partial charge is 0.331 e. The second kappa shape index (κ2) is 37.9. The van der Waals surface area contributed by atoms with E-state index in [0.29, 0.717) is 12.2 Å². The highest BCUT2D eigenvalue weighted by Crippen LogP contribution is 2.15. The van der Waals surface area contributed by atoms with Crippen LogP contribution in [0.5, 0.6) is 0 Å². The molecule has 0 aliphatic carbocycles. The fraction of sp³-hybridized carbons (Fsp3) is 0.902. The minimum Gasteiger partial charge on any atom is -0.467 e. The van der Waals surface area contributed by atoms with E-state index in [1.54, 1.807) is 0 Å². The van der Waals surface area contributed by atoms with Gasteiger partial charge in [0.25, 0.3) is 0 Å². The van der Waals surface area contributed by atoms with Crippen LogP contribution in [0, 0.1) is 0 Å². The number of hydrogen-bond donors (Lipinski definition) is 2. The Morgan fingerprint density at radius 2 is 0.941 bits per heavy atom. The van der Waals surface area contributed by atoms with Crippen LogP contribution in [-0.2, 0) is 33.4 Å². The molecule has 2 unspecified atom stereocenters. The monoisotopic (exact) mass is 743 g/mol. The Balaban J connectivity index is 3.88. The minimum atomic E-state index is -1.12. The molecular weight excluding hydrogens is 665 g/mol. The van der Waals surface area contributed by atoms with Crippen molar-refractivity contribution in [2.24, 2.45) is 5.73 Å². The van der Waals surface area contributed by atoms with Gasteiger partial charge in [0.15, 0.2) is 6.04 Å². The molecule has 0 fully saturated rings. The molecule has 0 saturated carbocycles. The predicted octanol–water partition coefficient (Wildman–Crippen LogP) is 9.75. The van der Waals surface area contributed by atoms with E-state index in [9.17, 15) is 19.2 Å². The van der Waals surface area contributed by atoms with Crippen molar-refractivity contribution in [3.63, 3.8) is 0 Å². The van der Waals surface area contributed by atoms with Crippen molar-refractivity contribution >= 4 is 35.6 Å². The van der Waals surface area contributed by atoms with Crippen LogP contribution in [0.15, 0.2) is 0 Å². The molecule has 3 N–H and O–H groups in total. The van der Waals surface area contributed by atoms with Gasteiger partial charge in [0.2, 0.25) is 5.91 Å². The molecule has 10 heteroatoms. The lowest BCUT2D eigenvalue weighted by Gasteiger charge is -2.19. The fourth-order valence-corrected chi connectivity index (χ4v) is 6.76. The Morgan fingerprint density at radius 1 is 0.569 bits per heavy atom. The van der Waals surface area contributed by atoms with Gasteiger partial charge in [-0.15, -0.1) is 0 Å². The van der Waals surface area contributed by atoms with Crippen molar-refractivity contribution in [3.05, 3.63) is 0 Å². The Bertz CT molecular complexity index is 845. The molecule has 0 aromatic rings. The lowest BCUT2D eigenvalue weighted by atomic mass is 10.0. The molecule has 1 amide bonds. The van der Waals surface area contributed by atoms with Gasteiger partial charge in [-0.1, -0.05) is 168 Å². The molecule has 0 aliphatic heterocycles. The summed E-state index contributed by atoms with van der Waals surface area (Å²) in [7, 11) is 1.21. The molecule has 0 bridgehead atoms. The minimum absolute atomic E-state index is 0.190. The zero-order chi connectivity index (χ0) is 37.6. The highest BCUT2D eigenvalue weighted by molar-refractivity contribution is 7.99. The maximum Gasteiger partial charge on any atom is 0.331 e. The van der Waals surface area contributed by atoms with Crippen molar-refractivity contribution in [1.82, 2.24) is 5.32 Å². The highest BCUT2D eigenvalue weighted by atomic mass is 32.2. The number of esters is 3. The molecule has 300 valence electrons. The Hall–Kier alpha value is -1.81. The zero-order valence-electron chi connectivity index (χ0n) is 33.1. The lowest BCUT2D eigenvalue weighted by molar-refractivity contribution is -0.152. The quantitative estimate of drug-likeness (QED) is 0.0360. The Morgan fingerprint density at radius 3 is 1.33 bits per heavy atom. The maximum absolute atomic E-state index is 12.6. The molecular formula is C41H78N2O7S. The van der Waals surface area contributed by atoms with Gasteiger partial charge in [0.1, 0.15) is 13.2 Å². The van der Waals surface area contributed by atoms with Crippen LogP contribution in [0.4, 0.5) is 0 Å². The topological polar surface area (TPSA) is 134 Å². The van der Waals surface area contributed by atoms with Crippen LogP contribution in [0.2, 0.25) is 0 Å². The van der Waals surface area contributed by atoms with E-state index in [-0.39, 0.29) is 31.4 Å². The van der Waals surface area contributed by atoms with E-state index in [4.69, 9.17) is 19.9 Å². The van der Waals surface area contributed by atoms with E-state index in [2.05, 4.69) is 19.2 Å². The summed E-state index contributed by atoms with van der Waals surface area (Å²) in [6.45, 7) is 4.46. The normalized spacial score (nSPS) is 12.3. The van der Waals surface area contributed by atoms with Crippen molar-refractivity contribution < 1.29 is 33.4 Å². The number of carbonyl (C=O) groups is 4. The van der Waals surface area contributed by atoms with Crippen molar-refractivity contribution in [2.75, 3.05) is 31.8 Å². The molecule has 0 aromatic carbocycles. The Labute approximate surface area is 316 Å². The van der Waals surface area contributed by atoms with Crippen molar-refractivity contribution in [2.45, 2.75) is 206 Å². The summed E-state index contributed by atoms with van der Waals surface area (Å²) in [5.41, 5.74) is 6.03. The van der Waals surface area contributed by atoms with Gasteiger partial charge in [-0.25, -0.2) is 4.79 Å². The Kier molecular flexibility index (Phi) is 36.6. The van der Waals surface area contributed by atoms with Gasteiger partial charge < -0.3 is 25.3 Å². The number of unbranched alkanes of at least 4 members (excludes halogenated alkanes) is 24. The molecule has 0 radical (unpaired) electrons. The van der Waals surface area contributed by atoms with E-state index < -0.39 is 29.9 Å². The van der Waals surface area contributed by atoms with Crippen molar-refractivity contribution in [1.29, 1.82) is 0 Å². The van der Waals surface area contributed by atoms with Gasteiger partial charge in [0, 0.05) is 24.3 Å². The summed E-state index contributed by atoms with van der Waals surface area (Å²) in [4.78, 5) is 49.1. The summed E-state index contributed by atoms with van der Waals surface area (Å²) in [5, 5.41) is 2.54. The zero-order valence-corrected chi connectivity index (χ0v) is 33.9. The van der Waals surface area contributed by atoms with E-state index in [1.807, 2.05) is 0 Å². The summed E-state index contributed by atoms with van der Waals surface area (Å²) in [6.07, 6.45) is 33.0. The first-order chi connectivity index (χ1) is 24.8. The van der Waals surface area contributed by atoms with Crippen LogP contribution in [0.1, 0.15) is 194 Å². The number of nitrogens with one attached hydrogen (secondary N) is 1. The standard InChI is InChI=1S/C41H78N2O7S/c1-4-6-8-10-12-14-16-18-20-22-24-26-28-30-38(44)49-32-33-51-35-36(42)40(46)43-37(41(47)48-3)34-50-39(45)31-29-27-25-23-21-19-17-15-13-11-9-7-5-2/h36-37H,4-35,42H2,1-3H3,(H,43,46). The predicted molar refractivity (Wildman–Crippen MR) is 212 cm³/mol. The van der Waals surface area contributed by atoms with Crippen LogP contribution < -0.4 is 11.1 Å². The van der Waals surface area contributed by atoms with E-state index >= 15 is 0 Å². The number of hydrogen-bond acceptors (Lipinski definition) is 9. The van der Waals surface area contributed by atoms with Crippen LogP contribution >= 0.6 is 11.8 Å². The molecule has 0 heterocycles. The molecule has 0 spiro atoms. The number of nitrogens with two attached hydrogens (primary N) is 1. The summed E-state index contributed by atoms with van der Waals surface area (Å²) >= 11 is 1.40. The third kappa shape index (κ3) is 33.8. The average Bonchev–Trinajstić information content (AvgIpc) is 3.13. The average molecular weight is 743 g/mol. The first kappa shape index (κ1) is 49.2. The summed E-state index contributed by atoms with van der Waals surface area (Å²) in [5.74, 6) is -1.02. The molecule has 0 aromatic heterocycles. The second-order valence-corrected chi connectivity index (χ2v) is 15.3. The first-order valence-corrected chi connectivity index (χ1v) is 22.0. The molecule has 51 heavy (non-hydrogen) atoms. The molecule has 9 nitrogen and oxygen atoms in total. The fourth-order valence-electron chi connectivity index (χ4n) is 5.98. The highest BCUT2D eigenvalue weighted by Gasteiger charge is 2.26. The van der Waals surface area contributed by atoms with Gasteiger partial charge in [-0.2, -0.15) is 11.8 Å². The third-order valence-electron chi connectivity index (χ3n) is 9.31. The number of methoxy groups -OCH3 is 1. The molecule has 0 aliphatic rings. The summed E-state index contributed by atoms with van der Waals surface area (Å²) in [6, 6.07) is -2.01. The molecule has 0 saturated heterocycles. The number of amides is 1. The van der Waals surface area contributed by atoms with Crippen LogP contribution in [0.25, 0.3) is 0 Å². The molecule has 2 atom stereocenters. The van der Waals surface area contributed by atoms with Gasteiger partial charge in [-0.05, 0) is 12.8 Å². The van der Waals surface area contributed by atoms with E-state index in [0.717, 1.165) is 32.1 Å². The first-order valence-electron chi connectivity index (χ1n) is 20.9. The maximum atomic E-state index is 12.6. The number of ether oxygens (including phenoxy) is 3. The SMILES string of the molecule is CCCCCCCCCCCCCCCC(=O)OCCSCC(N)C(=O)NC(COC(=O)CCCCCCCCCCCCCCC)C(=O)OC. The van der Waals surface area contributed by atoms with Crippen LogP contribution in [0.3, 0.4) is 0 Å². The van der Waals surface area contributed by atoms with Gasteiger partial charge >= 0.3 is 17.9 Å². The van der Waals surface area contributed by atoms with E-state index in [1.165, 1.54) is 154 Å². The van der Waals surface area contributed by atoms with Gasteiger partial charge in [0.05, 0.1) is 13.2 Å². The number of thioether (sulfide) groups is 1. The molecule has 0 rings (SSSR count). The second-order valence-electron chi connectivity index (χ2n) is 14.2. The van der Waals surface area contributed by atoms with Gasteiger partial charge in [-0.3, -0.25) is 14.4 Å². The summed E-state index contributed by atoms with van der Waals surface area (Å²) < 4.78 is 15.4. The number of rotatable bonds is 38.